The minimum atomic E-state index is -5.08. The summed E-state index contributed by atoms with van der Waals surface area (Å²) in [5, 5.41) is 2.67. The van der Waals surface area contributed by atoms with Crippen LogP contribution in [-0.4, -0.2) is 37.6 Å². The lowest BCUT2D eigenvalue weighted by Crippen LogP contribution is -2.53. The molecule has 1 aliphatic heterocycles. The van der Waals surface area contributed by atoms with Crippen LogP contribution in [0, 0.1) is 12.3 Å². The second kappa shape index (κ2) is 4.08. The molecule has 0 spiro atoms. The molecule has 0 bridgehead atoms. The molecule has 1 aliphatic rings. The van der Waals surface area contributed by atoms with Crippen molar-refractivity contribution in [2.75, 3.05) is 19.7 Å². The lowest BCUT2D eigenvalue weighted by atomic mass is 10.2. The molecule has 0 aliphatic carbocycles. The number of hydrogen-bond acceptors (Lipinski definition) is 4. The summed E-state index contributed by atoms with van der Waals surface area (Å²) in [5.74, 6) is -2.42. The molecule has 0 aromatic rings. The predicted octanol–water partition coefficient (Wildman–Crippen LogP) is 0.0412. The average molecular weight is 223 g/mol. The quantitative estimate of drug-likeness (QED) is 0.503. The molecule has 1 atom stereocenters. The van der Waals surface area contributed by atoms with E-state index in [4.69, 9.17) is 11.2 Å². The molecule has 1 saturated heterocycles. The number of nitrogens with one attached hydrogen (secondary N) is 1. The SMILES string of the molecule is C#CC1(OC(=O)C(F)(F)F)CNCCO1. The maximum absolute atomic E-state index is 11.9. The highest BCUT2D eigenvalue weighted by Gasteiger charge is 2.47. The molecule has 0 aromatic carbocycles. The van der Waals surface area contributed by atoms with Crippen LogP contribution in [0.4, 0.5) is 13.2 Å². The number of alkyl halides is 3. The molecule has 1 N–H and O–H groups in total. The van der Waals surface area contributed by atoms with Gasteiger partial charge in [0.2, 0.25) is 0 Å². The van der Waals surface area contributed by atoms with Crippen molar-refractivity contribution in [3.8, 4) is 12.3 Å². The normalized spacial score (nSPS) is 26.8. The number of carbonyl (C=O) groups excluding carboxylic acids is 1. The van der Waals surface area contributed by atoms with E-state index in [0.717, 1.165) is 0 Å². The molecule has 0 amide bonds. The topological polar surface area (TPSA) is 47.6 Å². The smallest absolute Gasteiger partial charge is 0.413 e. The van der Waals surface area contributed by atoms with Crippen molar-refractivity contribution >= 4 is 5.97 Å². The van der Waals surface area contributed by atoms with E-state index in [1.54, 1.807) is 0 Å². The molecular weight excluding hydrogens is 215 g/mol. The molecule has 1 unspecified atom stereocenters. The van der Waals surface area contributed by atoms with Gasteiger partial charge in [-0.3, -0.25) is 0 Å². The molecule has 0 saturated carbocycles. The largest absolute Gasteiger partial charge is 0.491 e. The summed E-state index contributed by atoms with van der Waals surface area (Å²) in [4.78, 5) is 10.5. The van der Waals surface area contributed by atoms with Crippen molar-refractivity contribution in [3.05, 3.63) is 0 Å². The van der Waals surface area contributed by atoms with Gasteiger partial charge in [0.1, 0.15) is 0 Å². The summed E-state index contributed by atoms with van der Waals surface area (Å²) < 4.78 is 44.6. The number of esters is 1. The van der Waals surface area contributed by atoms with E-state index in [1.165, 1.54) is 0 Å². The molecule has 1 heterocycles. The second-order valence-corrected chi connectivity index (χ2v) is 2.81. The van der Waals surface area contributed by atoms with E-state index in [-0.39, 0.29) is 13.2 Å². The van der Waals surface area contributed by atoms with E-state index in [1.807, 2.05) is 5.92 Å². The third-order valence-electron chi connectivity index (χ3n) is 1.68. The van der Waals surface area contributed by atoms with Gasteiger partial charge in [-0.1, -0.05) is 0 Å². The van der Waals surface area contributed by atoms with Gasteiger partial charge in [-0.2, -0.15) is 13.2 Å². The maximum Gasteiger partial charge on any atom is 0.491 e. The minimum Gasteiger partial charge on any atom is -0.413 e. The van der Waals surface area contributed by atoms with Crippen molar-refractivity contribution in [2.45, 2.75) is 12.0 Å². The standard InChI is InChI=1S/C8H8F3NO3/c1-2-7(5-12-3-4-14-7)15-6(13)8(9,10)11/h1,12H,3-5H2. The molecular formula is C8H8F3NO3. The summed E-state index contributed by atoms with van der Waals surface area (Å²) in [6.45, 7) is 0.355. The monoisotopic (exact) mass is 223 g/mol. The summed E-state index contributed by atoms with van der Waals surface area (Å²) >= 11 is 0. The van der Waals surface area contributed by atoms with Crippen LogP contribution < -0.4 is 5.32 Å². The summed E-state index contributed by atoms with van der Waals surface area (Å²) in [7, 11) is 0. The summed E-state index contributed by atoms with van der Waals surface area (Å²) in [6, 6.07) is 0. The highest BCUT2D eigenvalue weighted by Crippen LogP contribution is 2.22. The number of halogens is 3. The molecule has 0 radical (unpaired) electrons. The first-order valence-electron chi connectivity index (χ1n) is 4.02. The third kappa shape index (κ3) is 2.84. The number of terminal acetylenes is 1. The zero-order chi connectivity index (χ0) is 11.5. The Balaban J connectivity index is 2.69. The predicted molar refractivity (Wildman–Crippen MR) is 42.5 cm³/mol. The molecule has 1 rings (SSSR count). The average Bonchev–Trinajstić information content (AvgIpc) is 2.18. The van der Waals surface area contributed by atoms with Gasteiger partial charge in [0.25, 0.3) is 5.79 Å². The third-order valence-corrected chi connectivity index (χ3v) is 1.68. The fraction of sp³-hybridized carbons (Fsp3) is 0.625. The molecule has 7 heteroatoms. The number of carbonyl (C=O) groups is 1. The summed E-state index contributed by atoms with van der Waals surface area (Å²) in [5.41, 5.74) is 0. The first-order chi connectivity index (χ1) is 6.90. The summed E-state index contributed by atoms with van der Waals surface area (Å²) in [6.07, 6.45) is -0.108. The Bertz CT molecular complexity index is 288. The van der Waals surface area contributed by atoms with Gasteiger partial charge in [0, 0.05) is 6.54 Å². The number of hydrogen-bond donors (Lipinski definition) is 1. The second-order valence-electron chi connectivity index (χ2n) is 2.81. The first kappa shape index (κ1) is 11.8. The fourth-order valence-corrected chi connectivity index (χ4v) is 0.987. The Morgan fingerprint density at radius 1 is 1.60 bits per heavy atom. The van der Waals surface area contributed by atoms with Crippen LogP contribution in [0.3, 0.4) is 0 Å². The van der Waals surface area contributed by atoms with Gasteiger partial charge >= 0.3 is 12.1 Å². The minimum absolute atomic E-state index is 0.0787. The van der Waals surface area contributed by atoms with Gasteiger partial charge in [-0.25, -0.2) is 4.79 Å². The van der Waals surface area contributed by atoms with Crippen molar-refractivity contribution in [1.82, 2.24) is 5.32 Å². The molecule has 4 nitrogen and oxygen atoms in total. The molecule has 15 heavy (non-hydrogen) atoms. The molecule has 1 fully saturated rings. The van der Waals surface area contributed by atoms with Crippen molar-refractivity contribution < 1.29 is 27.4 Å². The van der Waals surface area contributed by atoms with Crippen molar-refractivity contribution in [3.63, 3.8) is 0 Å². The van der Waals surface area contributed by atoms with E-state index in [9.17, 15) is 18.0 Å². The van der Waals surface area contributed by atoms with Crippen LogP contribution in [0.25, 0.3) is 0 Å². The number of ether oxygens (including phenoxy) is 2. The van der Waals surface area contributed by atoms with Gasteiger partial charge in [-0.05, 0) is 5.92 Å². The highest BCUT2D eigenvalue weighted by molar-refractivity contribution is 5.76. The Morgan fingerprint density at radius 3 is 2.67 bits per heavy atom. The van der Waals surface area contributed by atoms with E-state index < -0.39 is 17.9 Å². The van der Waals surface area contributed by atoms with Crippen molar-refractivity contribution in [1.29, 1.82) is 0 Å². The van der Waals surface area contributed by atoms with E-state index >= 15 is 0 Å². The maximum atomic E-state index is 11.9. The molecule has 84 valence electrons. The van der Waals surface area contributed by atoms with Gasteiger partial charge in [0.05, 0.1) is 13.2 Å². The lowest BCUT2D eigenvalue weighted by Gasteiger charge is -2.32. The zero-order valence-electron chi connectivity index (χ0n) is 7.56. The highest BCUT2D eigenvalue weighted by atomic mass is 19.4. The lowest BCUT2D eigenvalue weighted by molar-refractivity contribution is -0.247. The van der Waals surface area contributed by atoms with Gasteiger partial charge in [-0.15, -0.1) is 6.42 Å². The van der Waals surface area contributed by atoms with Crippen LogP contribution >= 0.6 is 0 Å². The van der Waals surface area contributed by atoms with Crippen LogP contribution in [0.2, 0.25) is 0 Å². The van der Waals surface area contributed by atoms with Crippen molar-refractivity contribution in [2.24, 2.45) is 0 Å². The van der Waals surface area contributed by atoms with Crippen LogP contribution in [-0.2, 0) is 14.3 Å². The zero-order valence-corrected chi connectivity index (χ0v) is 7.56. The number of morpholine rings is 1. The van der Waals surface area contributed by atoms with Crippen LogP contribution in [0.1, 0.15) is 0 Å². The van der Waals surface area contributed by atoms with E-state index in [0.29, 0.717) is 6.54 Å². The van der Waals surface area contributed by atoms with Crippen LogP contribution in [0.5, 0.6) is 0 Å². The first-order valence-corrected chi connectivity index (χ1v) is 4.02. The Kier molecular flexibility index (Phi) is 3.21. The Labute approximate surface area is 83.7 Å². The number of rotatable bonds is 1. The fourth-order valence-electron chi connectivity index (χ4n) is 0.987. The molecule has 0 aromatic heterocycles. The Morgan fingerprint density at radius 2 is 2.27 bits per heavy atom. The van der Waals surface area contributed by atoms with Gasteiger partial charge in [0.15, 0.2) is 0 Å². The van der Waals surface area contributed by atoms with Gasteiger partial charge < -0.3 is 14.8 Å². The van der Waals surface area contributed by atoms with Crippen LogP contribution in [0.15, 0.2) is 0 Å². The van der Waals surface area contributed by atoms with E-state index in [2.05, 4.69) is 10.1 Å². The Hall–Kier alpha value is -1.26.